The molecule has 0 spiro atoms. The van der Waals surface area contributed by atoms with Crippen molar-refractivity contribution in [3.8, 4) is 11.5 Å². The number of hydrogen-bond donors (Lipinski definition) is 1. The second-order valence-electron chi connectivity index (χ2n) is 13.3. The molecule has 3 fully saturated rings. The van der Waals surface area contributed by atoms with E-state index in [1.54, 1.807) is 0 Å². The summed E-state index contributed by atoms with van der Waals surface area (Å²) >= 11 is 23.5. The van der Waals surface area contributed by atoms with Crippen LogP contribution in [0.25, 0.3) is 0 Å². The van der Waals surface area contributed by atoms with Gasteiger partial charge in [0.2, 0.25) is 5.82 Å². The molecule has 0 unspecified atom stereocenters. The Hall–Kier alpha value is -4.20. The SMILES string of the molecule is COc1cc([C@H]2C3=CC[C@@H]4C(=O)N(N(C)c5nc(C(F)(F)F)ccc5Cl)C(=O)[C@@H]4[C@@H]3C[C@@]3(Cl)C(=O)N(c4c(F)c(F)c(F)c(F)c4F)C(=O)[C@@]23Cl)cc(Br)c1O. The van der Waals surface area contributed by atoms with Gasteiger partial charge < -0.3 is 9.84 Å². The summed E-state index contributed by atoms with van der Waals surface area (Å²) in [4.78, 5) is 54.6. The number of imide groups is 2. The molecule has 2 aliphatic carbocycles. The number of phenolic OH excluding ortho intramolecular Hbond substituents is 1. The van der Waals surface area contributed by atoms with Gasteiger partial charge in [0.05, 0.1) is 28.4 Å². The summed E-state index contributed by atoms with van der Waals surface area (Å²) in [7, 11) is 2.20. The number of nitrogens with zero attached hydrogens (tertiary/aromatic N) is 4. The van der Waals surface area contributed by atoms with Gasteiger partial charge in [-0.15, -0.1) is 23.2 Å². The summed E-state index contributed by atoms with van der Waals surface area (Å²) in [5.74, 6) is -25.4. The molecule has 2 aliphatic heterocycles. The van der Waals surface area contributed by atoms with Crippen molar-refractivity contribution in [1.82, 2.24) is 9.99 Å². The number of anilines is 2. The molecule has 0 bridgehead atoms. The number of hydrazine groups is 1. The number of halogens is 12. The van der Waals surface area contributed by atoms with E-state index in [9.17, 15) is 50.6 Å². The third-order valence-corrected chi connectivity index (χ3v) is 12.8. The van der Waals surface area contributed by atoms with Crippen molar-refractivity contribution in [3.63, 3.8) is 0 Å². The smallest absolute Gasteiger partial charge is 0.433 e. The number of phenols is 1. The maximum absolute atomic E-state index is 15.3. The molecule has 10 nitrogen and oxygen atoms in total. The van der Waals surface area contributed by atoms with Crippen LogP contribution in [0.2, 0.25) is 5.02 Å². The first kappa shape index (κ1) is 40.0. The number of ether oxygens (including phenoxy) is 1. The van der Waals surface area contributed by atoms with Gasteiger partial charge in [-0.3, -0.25) is 24.2 Å². The molecule has 0 radical (unpaired) electrons. The number of rotatable bonds is 5. The van der Waals surface area contributed by atoms with Crippen molar-refractivity contribution in [2.75, 3.05) is 24.1 Å². The first-order chi connectivity index (χ1) is 26.0. The quantitative estimate of drug-likeness (QED) is 0.0697. The predicted molar refractivity (Wildman–Crippen MR) is 183 cm³/mol. The number of carbonyl (C=O) groups is 4. The summed E-state index contributed by atoms with van der Waals surface area (Å²) in [6.07, 6.45) is -4.69. The maximum Gasteiger partial charge on any atom is 0.433 e. The Morgan fingerprint density at radius 3 is 2.14 bits per heavy atom. The van der Waals surface area contributed by atoms with Crippen molar-refractivity contribution in [1.29, 1.82) is 0 Å². The number of fused-ring (bicyclic) bond motifs is 4. The minimum absolute atomic E-state index is 0.0541. The Kier molecular flexibility index (Phi) is 9.41. The van der Waals surface area contributed by atoms with Crippen molar-refractivity contribution in [2.45, 2.75) is 34.7 Å². The van der Waals surface area contributed by atoms with Crippen LogP contribution in [0, 0.1) is 46.8 Å². The third-order valence-electron chi connectivity index (χ3n) is 10.5. The zero-order valence-corrected chi connectivity index (χ0v) is 31.8. The normalized spacial score (nSPS) is 27.4. The lowest BCUT2D eigenvalue weighted by Crippen LogP contribution is -2.60. The van der Waals surface area contributed by atoms with Crippen LogP contribution in [-0.2, 0) is 25.4 Å². The molecular formula is C34H20BrCl3F8N4O6. The van der Waals surface area contributed by atoms with Gasteiger partial charge in [0.25, 0.3) is 23.6 Å². The van der Waals surface area contributed by atoms with E-state index in [1.165, 1.54) is 12.1 Å². The van der Waals surface area contributed by atoms with Gasteiger partial charge in [-0.25, -0.2) is 31.8 Å². The highest BCUT2D eigenvalue weighted by atomic mass is 79.9. The first-order valence-corrected chi connectivity index (χ1v) is 17.9. The average Bonchev–Trinajstić information content (AvgIpc) is 3.48. The highest BCUT2D eigenvalue weighted by molar-refractivity contribution is 9.10. The van der Waals surface area contributed by atoms with E-state index < -0.39 is 122 Å². The molecule has 4 aliphatic rings. The number of hydrogen-bond acceptors (Lipinski definition) is 8. The maximum atomic E-state index is 15.3. The fourth-order valence-corrected chi connectivity index (χ4v) is 9.67. The molecule has 1 saturated carbocycles. The highest BCUT2D eigenvalue weighted by Gasteiger charge is 2.77. The van der Waals surface area contributed by atoms with Crippen molar-refractivity contribution in [2.24, 2.45) is 17.8 Å². The van der Waals surface area contributed by atoms with Gasteiger partial charge >= 0.3 is 6.18 Å². The van der Waals surface area contributed by atoms with E-state index in [1.807, 2.05) is 0 Å². The molecule has 7 rings (SSSR count). The number of aromatic hydroxyl groups is 1. The fourth-order valence-electron chi connectivity index (χ4n) is 8.05. The predicted octanol–water partition coefficient (Wildman–Crippen LogP) is 7.54. The number of pyridine rings is 1. The second kappa shape index (κ2) is 13.2. The molecule has 3 heterocycles. The Bertz CT molecular complexity index is 2330. The van der Waals surface area contributed by atoms with Crippen LogP contribution in [-0.4, -0.2) is 62.6 Å². The summed E-state index contributed by atoms with van der Waals surface area (Å²) in [5.41, 5.74) is -3.40. The lowest BCUT2D eigenvalue weighted by molar-refractivity contribution is -0.141. The molecule has 1 aromatic heterocycles. The van der Waals surface area contributed by atoms with Crippen LogP contribution in [0.15, 0.2) is 40.4 Å². The largest absolute Gasteiger partial charge is 0.503 e. The van der Waals surface area contributed by atoms with Crippen LogP contribution in [0.1, 0.15) is 30.0 Å². The highest BCUT2D eigenvalue weighted by Crippen LogP contribution is 2.66. The van der Waals surface area contributed by atoms with E-state index in [2.05, 4.69) is 20.9 Å². The monoisotopic (exact) mass is 916 g/mol. The first-order valence-electron chi connectivity index (χ1n) is 15.9. The molecule has 6 atom stereocenters. The molecule has 2 saturated heterocycles. The summed E-state index contributed by atoms with van der Waals surface area (Å²) in [6, 6.07) is 3.80. The van der Waals surface area contributed by atoms with E-state index in [-0.39, 0.29) is 37.7 Å². The van der Waals surface area contributed by atoms with Crippen molar-refractivity contribution >= 4 is 85.9 Å². The lowest BCUT2D eigenvalue weighted by atomic mass is 9.56. The van der Waals surface area contributed by atoms with Gasteiger partial charge in [0, 0.05) is 13.0 Å². The van der Waals surface area contributed by atoms with Crippen LogP contribution in [0.3, 0.4) is 0 Å². The van der Waals surface area contributed by atoms with Gasteiger partial charge in [0.1, 0.15) is 11.4 Å². The number of allylic oxidation sites excluding steroid dienone is 2. The molecule has 56 heavy (non-hydrogen) atoms. The van der Waals surface area contributed by atoms with Crippen LogP contribution >= 0.6 is 50.7 Å². The van der Waals surface area contributed by atoms with Gasteiger partial charge in [-0.05, 0) is 64.5 Å². The number of aromatic nitrogens is 1. The number of carbonyl (C=O) groups excluding carboxylic acids is 4. The molecule has 296 valence electrons. The van der Waals surface area contributed by atoms with Crippen LogP contribution in [0.4, 0.5) is 46.6 Å². The van der Waals surface area contributed by atoms with Crippen LogP contribution in [0.5, 0.6) is 11.5 Å². The Balaban J connectivity index is 1.41. The zero-order valence-electron chi connectivity index (χ0n) is 27.9. The van der Waals surface area contributed by atoms with Crippen LogP contribution < -0.4 is 14.6 Å². The fraction of sp³-hybridized carbons (Fsp3) is 0.324. The minimum Gasteiger partial charge on any atom is -0.503 e. The topological polar surface area (TPSA) is 120 Å². The number of amides is 4. The molecule has 22 heteroatoms. The van der Waals surface area contributed by atoms with E-state index in [0.29, 0.717) is 16.1 Å². The third kappa shape index (κ3) is 5.29. The minimum atomic E-state index is -4.95. The average molecular weight is 919 g/mol. The van der Waals surface area contributed by atoms with Gasteiger partial charge in [-0.1, -0.05) is 23.3 Å². The Morgan fingerprint density at radius 2 is 1.55 bits per heavy atom. The van der Waals surface area contributed by atoms with E-state index in [4.69, 9.17) is 39.5 Å². The number of alkyl halides is 5. The molecule has 2 aromatic carbocycles. The van der Waals surface area contributed by atoms with Crippen molar-refractivity contribution < 1.29 is 64.1 Å². The lowest BCUT2D eigenvalue weighted by Gasteiger charge is -2.50. The number of benzene rings is 2. The Labute approximate surface area is 332 Å². The molecular weight excluding hydrogens is 899 g/mol. The molecule has 4 amide bonds. The van der Waals surface area contributed by atoms with E-state index in [0.717, 1.165) is 26.3 Å². The summed E-state index contributed by atoms with van der Waals surface area (Å²) in [6.45, 7) is 0. The number of methoxy groups -OCH3 is 1. The van der Waals surface area contributed by atoms with Gasteiger partial charge in [-0.2, -0.15) is 18.2 Å². The summed E-state index contributed by atoms with van der Waals surface area (Å²) in [5, 5.41) is 11.4. The van der Waals surface area contributed by atoms with E-state index >= 15 is 8.78 Å². The second-order valence-corrected chi connectivity index (χ2v) is 15.8. The standard InChI is InChI=1S/C34H20BrCl3F8N4O6/c1-48(27-15(36)5-6-17(47-27)34(44,45)46)50-28(52)12-4-3-11-13(18(12)29(50)53)9-32(37)30(54)49(25-23(42)21(40)20(39)22(41)24(25)43)31(55)33(32,38)19(11)10-7-14(35)26(51)16(8-10)56-2/h3,5-8,12-13,18-19,51H,4,9H2,1-2H3/t12-,13+,18-,19-,32+,33-/m0/s1. The van der Waals surface area contributed by atoms with Crippen molar-refractivity contribution in [3.05, 3.63) is 85.8 Å². The Morgan fingerprint density at radius 1 is 0.946 bits per heavy atom. The van der Waals surface area contributed by atoms with Gasteiger partial charge in [0.15, 0.2) is 50.3 Å². The molecule has 3 aromatic rings. The molecule has 1 N–H and O–H groups in total. The zero-order chi connectivity index (χ0) is 41.3. The summed E-state index contributed by atoms with van der Waals surface area (Å²) < 4.78 is 120.